The molecule has 0 atom stereocenters. The fourth-order valence-corrected chi connectivity index (χ4v) is 4.50. The van der Waals surface area contributed by atoms with Crippen molar-refractivity contribution in [2.45, 2.75) is 20.4 Å². The monoisotopic (exact) mass is 425 g/mol. The predicted molar refractivity (Wildman–Crippen MR) is 127 cm³/mol. The highest BCUT2D eigenvalue weighted by atomic mass is 16.2. The van der Waals surface area contributed by atoms with Crippen LogP contribution in [0, 0.1) is 13.8 Å². The third-order valence-corrected chi connectivity index (χ3v) is 6.47. The number of aromatic nitrogens is 3. The number of carbonyl (C=O) groups is 1. The number of piperazine rings is 1. The summed E-state index contributed by atoms with van der Waals surface area (Å²) in [5.74, 6) is 0.820. The smallest absolute Gasteiger partial charge is 0.253 e. The SMILES string of the molecule is Cc1c(C)n(Cc2ccccc2)c2ccc(C(=O)N3CCN(c4ncccn4)CC3)cc12. The molecular weight excluding hydrogens is 398 g/mol. The van der Waals surface area contributed by atoms with Crippen molar-refractivity contribution in [3.63, 3.8) is 0 Å². The van der Waals surface area contributed by atoms with Gasteiger partial charge < -0.3 is 14.4 Å². The number of nitrogens with zero attached hydrogens (tertiary/aromatic N) is 5. The van der Waals surface area contributed by atoms with Crippen LogP contribution in [0.1, 0.15) is 27.2 Å². The van der Waals surface area contributed by atoms with Gasteiger partial charge in [0.2, 0.25) is 5.95 Å². The van der Waals surface area contributed by atoms with E-state index in [4.69, 9.17) is 0 Å². The second-order valence-corrected chi connectivity index (χ2v) is 8.34. The molecule has 0 spiro atoms. The summed E-state index contributed by atoms with van der Waals surface area (Å²) in [5, 5.41) is 1.15. The van der Waals surface area contributed by atoms with Gasteiger partial charge in [-0.3, -0.25) is 4.79 Å². The molecule has 2 aromatic carbocycles. The van der Waals surface area contributed by atoms with Crippen LogP contribution in [0.15, 0.2) is 67.0 Å². The highest BCUT2D eigenvalue weighted by Crippen LogP contribution is 2.28. The Kier molecular flexibility index (Phi) is 5.35. The average molecular weight is 426 g/mol. The lowest BCUT2D eigenvalue weighted by Gasteiger charge is -2.34. The molecule has 32 heavy (non-hydrogen) atoms. The maximum absolute atomic E-state index is 13.2. The van der Waals surface area contributed by atoms with Crippen molar-refractivity contribution in [2.75, 3.05) is 31.1 Å². The third-order valence-electron chi connectivity index (χ3n) is 6.47. The number of amides is 1. The highest BCUT2D eigenvalue weighted by molar-refractivity contribution is 5.99. The van der Waals surface area contributed by atoms with Crippen LogP contribution in [0.4, 0.5) is 5.95 Å². The molecule has 1 aliphatic heterocycles. The van der Waals surface area contributed by atoms with Gasteiger partial charge in [-0.1, -0.05) is 30.3 Å². The summed E-state index contributed by atoms with van der Waals surface area (Å²) in [4.78, 5) is 26.0. The van der Waals surface area contributed by atoms with Gasteiger partial charge in [0, 0.05) is 67.3 Å². The molecule has 3 heterocycles. The van der Waals surface area contributed by atoms with Crippen LogP contribution >= 0.6 is 0 Å². The molecule has 1 fully saturated rings. The molecule has 162 valence electrons. The summed E-state index contributed by atoms with van der Waals surface area (Å²) >= 11 is 0. The normalized spacial score (nSPS) is 14.2. The number of rotatable bonds is 4. The Bertz CT molecular complexity index is 1240. The van der Waals surface area contributed by atoms with Crippen molar-refractivity contribution in [3.8, 4) is 0 Å². The van der Waals surface area contributed by atoms with Gasteiger partial charge in [0.1, 0.15) is 0 Å². The van der Waals surface area contributed by atoms with Crippen molar-refractivity contribution >= 4 is 22.8 Å². The zero-order valence-corrected chi connectivity index (χ0v) is 18.5. The zero-order chi connectivity index (χ0) is 22.1. The van der Waals surface area contributed by atoms with E-state index in [0.29, 0.717) is 13.1 Å². The van der Waals surface area contributed by atoms with Gasteiger partial charge in [0.25, 0.3) is 5.91 Å². The van der Waals surface area contributed by atoms with E-state index in [-0.39, 0.29) is 5.91 Å². The molecule has 4 aromatic rings. The molecule has 0 aliphatic carbocycles. The van der Waals surface area contributed by atoms with Gasteiger partial charge in [-0.25, -0.2) is 9.97 Å². The topological polar surface area (TPSA) is 54.3 Å². The van der Waals surface area contributed by atoms with Crippen LogP contribution in [0.25, 0.3) is 10.9 Å². The zero-order valence-electron chi connectivity index (χ0n) is 18.5. The van der Waals surface area contributed by atoms with E-state index in [1.54, 1.807) is 12.4 Å². The van der Waals surface area contributed by atoms with E-state index in [0.717, 1.165) is 36.5 Å². The van der Waals surface area contributed by atoms with E-state index >= 15 is 0 Å². The summed E-state index contributed by atoms with van der Waals surface area (Å²) in [6.45, 7) is 7.95. The van der Waals surface area contributed by atoms with Crippen LogP contribution in [0.5, 0.6) is 0 Å². The number of aryl methyl sites for hydroxylation is 1. The Balaban J connectivity index is 1.36. The number of fused-ring (bicyclic) bond motifs is 1. The lowest BCUT2D eigenvalue weighted by molar-refractivity contribution is 0.0746. The number of carbonyl (C=O) groups excluding carboxylic acids is 1. The summed E-state index contributed by atoms with van der Waals surface area (Å²) in [6, 6.07) is 18.4. The first-order valence-corrected chi connectivity index (χ1v) is 11.1. The molecule has 6 nitrogen and oxygen atoms in total. The van der Waals surface area contributed by atoms with Gasteiger partial charge in [-0.15, -0.1) is 0 Å². The Morgan fingerprint density at radius 3 is 2.34 bits per heavy atom. The van der Waals surface area contributed by atoms with Crippen molar-refractivity contribution in [3.05, 3.63) is 89.4 Å². The fraction of sp³-hybridized carbons (Fsp3) is 0.269. The van der Waals surface area contributed by atoms with Crippen molar-refractivity contribution < 1.29 is 4.79 Å². The molecule has 0 saturated carbocycles. The Hall–Kier alpha value is -3.67. The molecule has 1 aliphatic rings. The molecule has 0 N–H and O–H groups in total. The summed E-state index contributed by atoms with van der Waals surface area (Å²) in [6.07, 6.45) is 3.51. The second kappa shape index (κ2) is 8.46. The quantitative estimate of drug-likeness (QED) is 0.495. The van der Waals surface area contributed by atoms with E-state index in [2.05, 4.69) is 69.7 Å². The van der Waals surface area contributed by atoms with Crippen LogP contribution in [0.3, 0.4) is 0 Å². The standard InChI is InChI=1S/C26H27N5O/c1-19-20(2)31(18-21-7-4-3-5-8-21)24-10-9-22(17-23(19)24)25(32)29-13-15-30(16-14-29)26-27-11-6-12-28-26/h3-12,17H,13-16,18H2,1-2H3. The van der Waals surface area contributed by atoms with E-state index < -0.39 is 0 Å². The first-order chi connectivity index (χ1) is 15.6. The van der Waals surface area contributed by atoms with E-state index in [1.807, 2.05) is 23.1 Å². The average Bonchev–Trinajstić information content (AvgIpc) is 3.09. The maximum Gasteiger partial charge on any atom is 0.253 e. The van der Waals surface area contributed by atoms with Gasteiger partial charge in [-0.2, -0.15) is 0 Å². The van der Waals surface area contributed by atoms with Gasteiger partial charge in [-0.05, 0) is 49.2 Å². The van der Waals surface area contributed by atoms with E-state index in [1.165, 1.54) is 22.3 Å². The third kappa shape index (κ3) is 3.73. The summed E-state index contributed by atoms with van der Waals surface area (Å²) in [5.41, 5.74) is 5.67. The van der Waals surface area contributed by atoms with Crippen LogP contribution < -0.4 is 4.90 Å². The number of anilines is 1. The van der Waals surface area contributed by atoms with Crippen molar-refractivity contribution in [2.24, 2.45) is 0 Å². The Morgan fingerprint density at radius 1 is 0.906 bits per heavy atom. The summed E-state index contributed by atoms with van der Waals surface area (Å²) in [7, 11) is 0. The Labute approximate surface area is 188 Å². The summed E-state index contributed by atoms with van der Waals surface area (Å²) < 4.78 is 2.34. The lowest BCUT2D eigenvalue weighted by Crippen LogP contribution is -2.49. The molecule has 5 rings (SSSR count). The lowest BCUT2D eigenvalue weighted by atomic mass is 10.1. The molecule has 1 saturated heterocycles. The molecule has 0 radical (unpaired) electrons. The van der Waals surface area contributed by atoms with Gasteiger partial charge >= 0.3 is 0 Å². The van der Waals surface area contributed by atoms with Crippen LogP contribution in [0.2, 0.25) is 0 Å². The molecule has 1 amide bonds. The Morgan fingerprint density at radius 2 is 1.62 bits per heavy atom. The molecule has 0 bridgehead atoms. The molecular formula is C26H27N5O. The number of hydrogen-bond acceptors (Lipinski definition) is 4. The van der Waals surface area contributed by atoms with E-state index in [9.17, 15) is 4.79 Å². The number of hydrogen-bond donors (Lipinski definition) is 0. The minimum Gasteiger partial charge on any atom is -0.340 e. The van der Waals surface area contributed by atoms with Gasteiger partial charge in [0.15, 0.2) is 0 Å². The minimum absolute atomic E-state index is 0.0911. The first-order valence-electron chi connectivity index (χ1n) is 11.1. The first kappa shape index (κ1) is 20.2. The molecule has 2 aromatic heterocycles. The predicted octanol–water partition coefficient (Wildman–Crippen LogP) is 4.06. The maximum atomic E-state index is 13.2. The van der Waals surface area contributed by atoms with Crippen LogP contribution in [-0.4, -0.2) is 51.5 Å². The van der Waals surface area contributed by atoms with Crippen molar-refractivity contribution in [1.29, 1.82) is 0 Å². The largest absolute Gasteiger partial charge is 0.340 e. The highest BCUT2D eigenvalue weighted by Gasteiger charge is 2.24. The van der Waals surface area contributed by atoms with Crippen molar-refractivity contribution in [1.82, 2.24) is 19.4 Å². The molecule has 0 unspecified atom stereocenters. The number of benzene rings is 2. The van der Waals surface area contributed by atoms with Gasteiger partial charge in [0.05, 0.1) is 0 Å². The minimum atomic E-state index is 0.0911. The van der Waals surface area contributed by atoms with Crippen LogP contribution in [-0.2, 0) is 6.54 Å². The second-order valence-electron chi connectivity index (χ2n) is 8.34. The fourth-order valence-electron chi connectivity index (χ4n) is 4.50. The molecule has 6 heteroatoms.